The Labute approximate surface area is 134 Å². The van der Waals surface area contributed by atoms with Crippen molar-refractivity contribution in [1.82, 2.24) is 15.2 Å². The second-order valence-electron chi connectivity index (χ2n) is 5.57. The highest BCUT2D eigenvalue weighted by atomic mass is 16.3. The maximum Gasteiger partial charge on any atom is 0.246 e. The number of oxazole rings is 1. The molecule has 1 fully saturated rings. The highest BCUT2D eigenvalue weighted by Crippen LogP contribution is 2.18. The van der Waals surface area contributed by atoms with Crippen LogP contribution in [0.3, 0.4) is 0 Å². The minimum absolute atomic E-state index is 0.00469. The van der Waals surface area contributed by atoms with Gasteiger partial charge in [-0.15, -0.1) is 0 Å². The van der Waals surface area contributed by atoms with E-state index in [-0.39, 0.29) is 17.7 Å². The average Bonchev–Trinajstić information content (AvgIpc) is 3.02. The first-order valence-corrected chi connectivity index (χ1v) is 7.71. The summed E-state index contributed by atoms with van der Waals surface area (Å²) in [5.41, 5.74) is 1.47. The van der Waals surface area contributed by atoms with E-state index in [0.717, 1.165) is 5.52 Å². The van der Waals surface area contributed by atoms with Gasteiger partial charge in [-0.05, 0) is 25.0 Å². The third kappa shape index (κ3) is 3.41. The Morgan fingerprint density at radius 2 is 2.04 bits per heavy atom. The zero-order chi connectivity index (χ0) is 16.2. The molecule has 2 amide bonds. The molecule has 23 heavy (non-hydrogen) atoms. The third-order valence-corrected chi connectivity index (χ3v) is 4.10. The number of piperidine rings is 1. The van der Waals surface area contributed by atoms with Gasteiger partial charge in [0.2, 0.25) is 17.7 Å². The van der Waals surface area contributed by atoms with Crippen LogP contribution in [0, 0.1) is 5.92 Å². The molecule has 0 unspecified atom stereocenters. The summed E-state index contributed by atoms with van der Waals surface area (Å²) in [6.07, 6.45) is 4.46. The lowest BCUT2D eigenvalue weighted by Crippen LogP contribution is -2.41. The van der Waals surface area contributed by atoms with Crippen LogP contribution in [0.1, 0.15) is 18.7 Å². The normalized spacial score (nSPS) is 16.1. The van der Waals surface area contributed by atoms with Gasteiger partial charge in [-0.3, -0.25) is 9.59 Å². The fourth-order valence-corrected chi connectivity index (χ4v) is 2.78. The van der Waals surface area contributed by atoms with Crippen LogP contribution in [-0.4, -0.2) is 41.8 Å². The molecule has 3 rings (SSSR count). The van der Waals surface area contributed by atoms with Crippen LogP contribution >= 0.6 is 0 Å². The van der Waals surface area contributed by atoms with E-state index >= 15 is 0 Å². The van der Waals surface area contributed by atoms with Crippen LogP contribution in [-0.2, 0) is 9.59 Å². The molecular weight excluding hydrogens is 294 g/mol. The van der Waals surface area contributed by atoms with Gasteiger partial charge in [0.15, 0.2) is 5.58 Å². The molecule has 0 saturated carbocycles. The summed E-state index contributed by atoms with van der Waals surface area (Å²) < 4.78 is 5.55. The molecule has 1 aliphatic rings. The number of carbonyl (C=O) groups is 2. The van der Waals surface area contributed by atoms with Gasteiger partial charge in [0.1, 0.15) is 5.52 Å². The lowest BCUT2D eigenvalue weighted by molar-refractivity contribution is -0.131. The predicted octanol–water partition coefficient (Wildman–Crippen LogP) is 1.83. The molecule has 0 atom stereocenters. The van der Waals surface area contributed by atoms with E-state index in [4.69, 9.17) is 4.42 Å². The van der Waals surface area contributed by atoms with Gasteiger partial charge in [0.25, 0.3) is 0 Å². The second kappa shape index (κ2) is 6.64. The Morgan fingerprint density at radius 3 is 2.74 bits per heavy atom. The van der Waals surface area contributed by atoms with Gasteiger partial charge in [-0.25, -0.2) is 4.98 Å². The maximum absolute atomic E-state index is 12.2. The van der Waals surface area contributed by atoms with Crippen molar-refractivity contribution < 1.29 is 14.0 Å². The lowest BCUT2D eigenvalue weighted by Gasteiger charge is -2.30. The minimum Gasteiger partial charge on any atom is -0.437 e. The molecular formula is C17H19N3O3. The topological polar surface area (TPSA) is 75.4 Å². The van der Waals surface area contributed by atoms with Crippen molar-refractivity contribution in [1.29, 1.82) is 0 Å². The zero-order valence-corrected chi connectivity index (χ0v) is 13.0. The SMILES string of the molecule is CNC(=O)C1CCN(C(=O)C=Cc2nc3ccccc3o2)CC1. The molecule has 1 saturated heterocycles. The smallest absolute Gasteiger partial charge is 0.246 e. The number of fused-ring (bicyclic) bond motifs is 1. The Kier molecular flexibility index (Phi) is 4.41. The van der Waals surface area contributed by atoms with Gasteiger partial charge in [0, 0.05) is 38.2 Å². The van der Waals surface area contributed by atoms with Crippen molar-refractivity contribution in [2.75, 3.05) is 20.1 Å². The number of nitrogens with zero attached hydrogens (tertiary/aromatic N) is 2. The van der Waals surface area contributed by atoms with E-state index in [1.54, 1.807) is 18.0 Å². The molecule has 6 heteroatoms. The molecule has 0 aliphatic carbocycles. The first-order chi connectivity index (χ1) is 11.2. The Hall–Kier alpha value is -2.63. The molecule has 0 bridgehead atoms. The molecule has 2 aromatic rings. The largest absolute Gasteiger partial charge is 0.437 e. The Balaban J connectivity index is 1.60. The number of aromatic nitrogens is 1. The van der Waals surface area contributed by atoms with Gasteiger partial charge < -0.3 is 14.6 Å². The predicted molar refractivity (Wildman–Crippen MR) is 86.4 cm³/mol. The molecule has 1 N–H and O–H groups in total. The van der Waals surface area contributed by atoms with Crippen molar-refractivity contribution >= 4 is 29.0 Å². The van der Waals surface area contributed by atoms with E-state index in [1.165, 1.54) is 6.08 Å². The molecule has 0 radical (unpaired) electrons. The number of hydrogen-bond acceptors (Lipinski definition) is 4. The van der Waals surface area contributed by atoms with E-state index in [1.807, 2.05) is 24.3 Å². The molecule has 0 spiro atoms. The third-order valence-electron chi connectivity index (χ3n) is 4.10. The van der Waals surface area contributed by atoms with Crippen LogP contribution in [0.15, 0.2) is 34.8 Å². The van der Waals surface area contributed by atoms with E-state index in [9.17, 15) is 9.59 Å². The summed E-state index contributed by atoms with van der Waals surface area (Å²) in [4.78, 5) is 29.8. The van der Waals surface area contributed by atoms with Crippen molar-refractivity contribution in [2.24, 2.45) is 5.92 Å². The van der Waals surface area contributed by atoms with E-state index in [0.29, 0.717) is 37.4 Å². The summed E-state index contributed by atoms with van der Waals surface area (Å²) in [6.45, 7) is 1.18. The summed E-state index contributed by atoms with van der Waals surface area (Å²) in [6, 6.07) is 7.47. The van der Waals surface area contributed by atoms with Gasteiger partial charge in [-0.2, -0.15) is 0 Å². The van der Waals surface area contributed by atoms with Crippen molar-refractivity contribution in [2.45, 2.75) is 12.8 Å². The number of hydrogen-bond donors (Lipinski definition) is 1. The number of benzene rings is 1. The van der Waals surface area contributed by atoms with Crippen molar-refractivity contribution in [3.05, 3.63) is 36.2 Å². The van der Waals surface area contributed by atoms with Gasteiger partial charge in [-0.1, -0.05) is 12.1 Å². The van der Waals surface area contributed by atoms with Gasteiger partial charge >= 0.3 is 0 Å². The summed E-state index contributed by atoms with van der Waals surface area (Å²) >= 11 is 0. The first kappa shape index (κ1) is 15.3. The summed E-state index contributed by atoms with van der Waals surface area (Å²) in [5, 5.41) is 2.66. The number of para-hydroxylation sites is 2. The van der Waals surface area contributed by atoms with Gasteiger partial charge in [0.05, 0.1) is 0 Å². The van der Waals surface area contributed by atoms with Crippen LogP contribution in [0.4, 0.5) is 0 Å². The number of rotatable bonds is 3. The number of amides is 2. The second-order valence-corrected chi connectivity index (χ2v) is 5.57. The first-order valence-electron chi connectivity index (χ1n) is 7.71. The lowest BCUT2D eigenvalue weighted by atomic mass is 9.96. The molecule has 1 aliphatic heterocycles. The van der Waals surface area contributed by atoms with E-state index < -0.39 is 0 Å². The highest BCUT2D eigenvalue weighted by Gasteiger charge is 2.25. The van der Waals surface area contributed by atoms with Crippen LogP contribution in [0.5, 0.6) is 0 Å². The fraction of sp³-hybridized carbons (Fsp3) is 0.353. The Morgan fingerprint density at radius 1 is 1.30 bits per heavy atom. The zero-order valence-electron chi connectivity index (χ0n) is 13.0. The quantitative estimate of drug-likeness (QED) is 0.877. The standard InChI is InChI=1S/C17H19N3O3/c1-18-17(22)12-8-10-20(11-9-12)16(21)7-6-15-19-13-4-2-3-5-14(13)23-15/h2-7,12H,8-11H2,1H3,(H,18,22). The van der Waals surface area contributed by atoms with Crippen molar-refractivity contribution in [3.63, 3.8) is 0 Å². The number of nitrogens with one attached hydrogen (secondary N) is 1. The highest BCUT2D eigenvalue weighted by molar-refractivity contribution is 5.91. The van der Waals surface area contributed by atoms with Crippen molar-refractivity contribution in [3.8, 4) is 0 Å². The average molecular weight is 313 g/mol. The molecule has 1 aromatic carbocycles. The summed E-state index contributed by atoms with van der Waals surface area (Å²) in [5.74, 6) is 0.395. The molecule has 120 valence electrons. The van der Waals surface area contributed by atoms with Crippen LogP contribution in [0.25, 0.3) is 17.2 Å². The molecule has 6 nitrogen and oxygen atoms in total. The fourth-order valence-electron chi connectivity index (χ4n) is 2.78. The summed E-state index contributed by atoms with van der Waals surface area (Å²) in [7, 11) is 1.64. The minimum atomic E-state index is -0.0809. The Bertz CT molecular complexity index is 709. The van der Waals surface area contributed by atoms with E-state index in [2.05, 4.69) is 10.3 Å². The van der Waals surface area contributed by atoms with Crippen LogP contribution < -0.4 is 5.32 Å². The number of carbonyl (C=O) groups excluding carboxylic acids is 2. The monoisotopic (exact) mass is 313 g/mol. The molecule has 2 heterocycles. The number of likely N-dealkylation sites (tertiary alicyclic amines) is 1. The van der Waals surface area contributed by atoms with Crippen LogP contribution in [0.2, 0.25) is 0 Å². The maximum atomic E-state index is 12.2. The molecule has 1 aromatic heterocycles.